The van der Waals surface area contributed by atoms with E-state index in [1.807, 2.05) is 0 Å². The Balaban J connectivity index is 2.99. The fourth-order valence-corrected chi connectivity index (χ4v) is 2.21. The number of imidazole rings is 1. The van der Waals surface area contributed by atoms with E-state index in [4.69, 9.17) is 5.73 Å². The first kappa shape index (κ1) is 11.6. The highest BCUT2D eigenvalue weighted by Gasteiger charge is 2.21. The van der Waals surface area contributed by atoms with Crippen LogP contribution in [-0.4, -0.2) is 24.5 Å². The number of nitrogen functional groups attached to an aromatic ring is 1. The van der Waals surface area contributed by atoms with Crippen molar-refractivity contribution in [2.75, 3.05) is 12.3 Å². The van der Waals surface area contributed by atoms with Gasteiger partial charge in [-0.25, -0.2) is 13.4 Å². The van der Waals surface area contributed by atoms with Crippen molar-refractivity contribution in [3.63, 3.8) is 0 Å². The van der Waals surface area contributed by atoms with Gasteiger partial charge in [0.25, 0.3) is 10.0 Å². The minimum absolute atomic E-state index is 0.0190. The summed E-state index contributed by atoms with van der Waals surface area (Å²) in [5.74, 6) is 5.16. The summed E-state index contributed by atoms with van der Waals surface area (Å²) in [7, 11) is -2.07. The third kappa shape index (κ3) is 2.49. The van der Waals surface area contributed by atoms with E-state index in [2.05, 4.69) is 21.5 Å². The molecule has 0 amide bonds. The van der Waals surface area contributed by atoms with Gasteiger partial charge in [-0.15, -0.1) is 5.92 Å². The van der Waals surface area contributed by atoms with Crippen LogP contribution in [0.1, 0.15) is 6.92 Å². The molecule has 1 heterocycles. The molecule has 15 heavy (non-hydrogen) atoms. The maximum atomic E-state index is 11.7. The average Bonchev–Trinajstić information content (AvgIpc) is 2.46. The minimum Gasteiger partial charge on any atom is -0.381 e. The lowest BCUT2D eigenvalue weighted by Crippen LogP contribution is -2.26. The van der Waals surface area contributed by atoms with Crippen LogP contribution in [0.4, 0.5) is 5.82 Å². The number of nitrogens with two attached hydrogens (primary N) is 1. The van der Waals surface area contributed by atoms with E-state index in [9.17, 15) is 8.42 Å². The van der Waals surface area contributed by atoms with E-state index in [0.29, 0.717) is 0 Å². The molecule has 0 aliphatic rings. The number of aromatic nitrogens is 2. The molecule has 0 atom stereocenters. The Hall–Kier alpha value is -1.52. The van der Waals surface area contributed by atoms with Crippen LogP contribution in [0, 0.1) is 11.8 Å². The summed E-state index contributed by atoms with van der Waals surface area (Å²) in [6, 6.07) is 0. The summed E-state index contributed by atoms with van der Waals surface area (Å²) >= 11 is 0. The van der Waals surface area contributed by atoms with Crippen LogP contribution in [0.2, 0.25) is 0 Å². The van der Waals surface area contributed by atoms with Crippen molar-refractivity contribution in [3.8, 4) is 11.8 Å². The Bertz CT molecular complexity index is 487. The molecule has 1 aromatic rings. The van der Waals surface area contributed by atoms with Crippen molar-refractivity contribution in [3.05, 3.63) is 6.33 Å². The first-order chi connectivity index (χ1) is 6.99. The molecular weight excluding hydrogens is 216 g/mol. The quantitative estimate of drug-likeness (QED) is 0.670. The van der Waals surface area contributed by atoms with Gasteiger partial charge >= 0.3 is 0 Å². The molecule has 0 aromatic carbocycles. The number of nitrogens with one attached hydrogen (secondary N) is 1. The fourth-order valence-electron chi connectivity index (χ4n) is 1.05. The summed E-state index contributed by atoms with van der Waals surface area (Å²) in [4.78, 5) is 3.70. The molecule has 0 bridgehead atoms. The molecular formula is C8H12N4O2S. The molecule has 1 rings (SSSR count). The van der Waals surface area contributed by atoms with Gasteiger partial charge in [-0.3, -0.25) is 0 Å². The SMILES string of the molecule is CC#CCNS(=O)(=O)c1c(N)ncn1C. The number of aryl methyl sites for hydroxylation is 1. The predicted octanol–water partition coefficient (Wildman–Crippen LogP) is -0.696. The van der Waals surface area contributed by atoms with Gasteiger partial charge in [-0.2, -0.15) is 4.72 Å². The van der Waals surface area contributed by atoms with Gasteiger partial charge in [0.05, 0.1) is 12.9 Å². The van der Waals surface area contributed by atoms with Crippen LogP contribution < -0.4 is 10.5 Å². The molecule has 3 N–H and O–H groups in total. The van der Waals surface area contributed by atoms with Gasteiger partial charge in [0, 0.05) is 7.05 Å². The molecule has 0 radical (unpaired) electrons. The van der Waals surface area contributed by atoms with Crippen LogP contribution in [0.3, 0.4) is 0 Å². The first-order valence-corrected chi connectivity index (χ1v) is 5.63. The number of hydrogen-bond donors (Lipinski definition) is 2. The zero-order chi connectivity index (χ0) is 11.5. The van der Waals surface area contributed by atoms with E-state index in [1.54, 1.807) is 14.0 Å². The van der Waals surface area contributed by atoms with E-state index in [1.165, 1.54) is 10.9 Å². The Morgan fingerprint density at radius 3 is 2.80 bits per heavy atom. The highest BCUT2D eigenvalue weighted by Crippen LogP contribution is 2.14. The Kier molecular flexibility index (Phi) is 3.34. The molecule has 0 aliphatic carbocycles. The molecule has 0 fully saturated rings. The van der Waals surface area contributed by atoms with Crippen molar-refractivity contribution in [1.29, 1.82) is 0 Å². The highest BCUT2D eigenvalue weighted by molar-refractivity contribution is 7.89. The molecule has 6 nitrogen and oxygen atoms in total. The van der Waals surface area contributed by atoms with Crippen LogP contribution in [-0.2, 0) is 17.1 Å². The van der Waals surface area contributed by atoms with E-state index >= 15 is 0 Å². The van der Waals surface area contributed by atoms with E-state index < -0.39 is 10.0 Å². The zero-order valence-electron chi connectivity index (χ0n) is 8.48. The molecule has 0 spiro atoms. The average molecular weight is 228 g/mol. The van der Waals surface area contributed by atoms with Crippen LogP contribution >= 0.6 is 0 Å². The molecule has 0 saturated heterocycles. The highest BCUT2D eigenvalue weighted by atomic mass is 32.2. The monoisotopic (exact) mass is 228 g/mol. The molecule has 0 unspecified atom stereocenters. The first-order valence-electron chi connectivity index (χ1n) is 4.15. The lowest BCUT2D eigenvalue weighted by atomic mass is 10.6. The van der Waals surface area contributed by atoms with Crippen molar-refractivity contribution < 1.29 is 8.42 Å². The molecule has 82 valence electrons. The maximum absolute atomic E-state index is 11.7. The predicted molar refractivity (Wildman–Crippen MR) is 56.3 cm³/mol. The smallest absolute Gasteiger partial charge is 0.260 e. The second-order valence-corrected chi connectivity index (χ2v) is 4.48. The Morgan fingerprint density at radius 1 is 1.67 bits per heavy atom. The molecule has 0 saturated carbocycles. The number of nitrogens with zero attached hydrogens (tertiary/aromatic N) is 2. The third-order valence-corrected chi connectivity index (χ3v) is 3.22. The lowest BCUT2D eigenvalue weighted by Gasteiger charge is -2.04. The Labute approximate surface area is 88.5 Å². The summed E-state index contributed by atoms with van der Waals surface area (Å²) < 4.78 is 27.0. The summed E-state index contributed by atoms with van der Waals surface area (Å²) in [6.07, 6.45) is 1.34. The number of rotatable bonds is 3. The fraction of sp³-hybridized carbons (Fsp3) is 0.375. The lowest BCUT2D eigenvalue weighted by molar-refractivity contribution is 0.576. The van der Waals surface area contributed by atoms with Crippen molar-refractivity contribution in [1.82, 2.24) is 14.3 Å². The van der Waals surface area contributed by atoms with Crippen LogP contribution in [0.5, 0.6) is 0 Å². The summed E-state index contributed by atoms with van der Waals surface area (Å²) in [5.41, 5.74) is 5.44. The van der Waals surface area contributed by atoms with E-state index in [0.717, 1.165) is 0 Å². The molecule has 7 heteroatoms. The van der Waals surface area contributed by atoms with Gasteiger partial charge in [0.15, 0.2) is 10.8 Å². The van der Waals surface area contributed by atoms with Gasteiger partial charge in [-0.05, 0) is 6.92 Å². The van der Waals surface area contributed by atoms with Gasteiger partial charge in [0.1, 0.15) is 0 Å². The Morgan fingerprint density at radius 2 is 2.33 bits per heavy atom. The van der Waals surface area contributed by atoms with E-state index in [-0.39, 0.29) is 17.4 Å². The number of sulfonamides is 1. The molecule has 0 aliphatic heterocycles. The molecule has 1 aromatic heterocycles. The second kappa shape index (κ2) is 4.33. The topological polar surface area (TPSA) is 90.0 Å². The standard InChI is InChI=1S/C8H12N4O2S/c1-3-4-5-11-15(13,14)8-7(9)10-6-12(8)2/h6,11H,5,9H2,1-2H3. The maximum Gasteiger partial charge on any atom is 0.260 e. The van der Waals surface area contributed by atoms with Crippen LogP contribution in [0.25, 0.3) is 0 Å². The van der Waals surface area contributed by atoms with Gasteiger partial charge in [0.2, 0.25) is 0 Å². The normalized spacial score (nSPS) is 10.8. The van der Waals surface area contributed by atoms with Crippen LogP contribution in [0.15, 0.2) is 11.4 Å². The summed E-state index contributed by atoms with van der Waals surface area (Å²) in [6.45, 7) is 1.69. The van der Waals surface area contributed by atoms with Crippen molar-refractivity contribution in [2.24, 2.45) is 7.05 Å². The van der Waals surface area contributed by atoms with Crippen molar-refractivity contribution >= 4 is 15.8 Å². The van der Waals surface area contributed by atoms with Crippen molar-refractivity contribution in [2.45, 2.75) is 11.9 Å². The van der Waals surface area contributed by atoms with Gasteiger partial charge < -0.3 is 10.3 Å². The second-order valence-electron chi connectivity index (χ2n) is 2.80. The minimum atomic E-state index is -3.63. The zero-order valence-corrected chi connectivity index (χ0v) is 9.30. The van der Waals surface area contributed by atoms with Gasteiger partial charge in [-0.1, -0.05) is 5.92 Å². The largest absolute Gasteiger partial charge is 0.381 e. The number of hydrogen-bond acceptors (Lipinski definition) is 4. The summed E-state index contributed by atoms with van der Waals surface area (Å²) in [5, 5.41) is -0.0413. The third-order valence-electron chi connectivity index (χ3n) is 1.69. The number of anilines is 1.